The third-order valence-corrected chi connectivity index (χ3v) is 7.75. The molecule has 10 heteroatoms. The van der Waals surface area contributed by atoms with Crippen LogP contribution in [0.4, 0.5) is 9.18 Å². The maximum Gasteiger partial charge on any atom is 0.410 e. The van der Waals surface area contributed by atoms with Crippen molar-refractivity contribution in [2.24, 2.45) is 0 Å². The molecule has 2 N–H and O–H groups in total. The summed E-state index contributed by atoms with van der Waals surface area (Å²) >= 11 is 0. The number of carbonyl (C=O) groups excluding carboxylic acids is 3. The van der Waals surface area contributed by atoms with Gasteiger partial charge in [-0.15, -0.1) is 0 Å². The lowest BCUT2D eigenvalue weighted by molar-refractivity contribution is -0.0113. The summed E-state index contributed by atoms with van der Waals surface area (Å²) in [5, 5.41) is 14.1. The van der Waals surface area contributed by atoms with Gasteiger partial charge >= 0.3 is 6.09 Å². The molecule has 2 aliphatic heterocycles. The monoisotopic (exact) mass is 603 g/mol. The molecule has 0 unspecified atom stereocenters. The number of halogens is 1. The molecule has 0 bridgehead atoms. The van der Waals surface area contributed by atoms with Crippen LogP contribution in [0.1, 0.15) is 70.7 Å². The number of aliphatic hydroxyl groups is 1. The number of benzene rings is 3. The Hall–Kier alpha value is -4.44. The molecule has 2 aliphatic rings. The first-order valence-corrected chi connectivity index (χ1v) is 14.8. The first-order chi connectivity index (χ1) is 20.9. The Morgan fingerprint density at radius 2 is 1.75 bits per heavy atom. The van der Waals surface area contributed by atoms with Gasteiger partial charge in [0.25, 0.3) is 11.8 Å². The van der Waals surface area contributed by atoms with Gasteiger partial charge in [-0.2, -0.15) is 0 Å². The summed E-state index contributed by atoms with van der Waals surface area (Å²) in [5.41, 5.74) is 3.44. The van der Waals surface area contributed by atoms with Crippen LogP contribution in [0.15, 0.2) is 60.7 Å². The summed E-state index contributed by atoms with van der Waals surface area (Å²) in [4.78, 5) is 42.9. The smallest absolute Gasteiger partial charge is 0.410 e. The predicted molar refractivity (Wildman–Crippen MR) is 162 cm³/mol. The van der Waals surface area contributed by atoms with Crippen molar-refractivity contribution in [3.63, 3.8) is 0 Å². The normalized spacial score (nSPS) is 16.7. The quantitative estimate of drug-likeness (QED) is 0.382. The van der Waals surface area contributed by atoms with Gasteiger partial charge in [-0.25, -0.2) is 9.18 Å². The molecule has 0 saturated heterocycles. The van der Waals surface area contributed by atoms with Gasteiger partial charge in [0.05, 0.1) is 24.3 Å². The summed E-state index contributed by atoms with van der Waals surface area (Å²) < 4.78 is 24.7. The topological polar surface area (TPSA) is 108 Å². The second-order valence-corrected chi connectivity index (χ2v) is 12.2. The van der Waals surface area contributed by atoms with E-state index in [-0.39, 0.29) is 49.3 Å². The molecule has 3 amide bonds. The van der Waals surface area contributed by atoms with E-state index in [0.29, 0.717) is 24.1 Å². The molecule has 0 aliphatic carbocycles. The fourth-order valence-corrected chi connectivity index (χ4v) is 5.63. The molecule has 0 fully saturated rings. The van der Waals surface area contributed by atoms with Crippen molar-refractivity contribution >= 4 is 17.9 Å². The molecule has 9 nitrogen and oxygen atoms in total. The fraction of sp³-hybridized carbons (Fsp3) is 0.382. The van der Waals surface area contributed by atoms with Crippen molar-refractivity contribution in [2.75, 3.05) is 13.2 Å². The van der Waals surface area contributed by atoms with Crippen molar-refractivity contribution < 1.29 is 33.4 Å². The lowest BCUT2D eigenvalue weighted by Gasteiger charge is -2.40. The van der Waals surface area contributed by atoms with Gasteiger partial charge in [0.15, 0.2) is 0 Å². The van der Waals surface area contributed by atoms with Gasteiger partial charge in [-0.3, -0.25) is 14.5 Å². The molecular weight excluding hydrogens is 565 g/mol. The van der Waals surface area contributed by atoms with Gasteiger partial charge < -0.3 is 24.8 Å². The number of hydrogen-bond donors (Lipinski definition) is 2. The van der Waals surface area contributed by atoms with Gasteiger partial charge in [0.2, 0.25) is 0 Å². The Morgan fingerprint density at radius 1 is 1.05 bits per heavy atom. The molecule has 2 heterocycles. The number of hydrogen-bond acceptors (Lipinski definition) is 6. The molecule has 0 spiro atoms. The Morgan fingerprint density at radius 3 is 2.43 bits per heavy atom. The van der Waals surface area contributed by atoms with E-state index in [9.17, 15) is 23.9 Å². The predicted octanol–water partition coefficient (Wildman–Crippen LogP) is 4.83. The Kier molecular flexibility index (Phi) is 8.92. The zero-order valence-electron chi connectivity index (χ0n) is 25.4. The highest BCUT2D eigenvalue weighted by atomic mass is 19.1. The molecule has 0 radical (unpaired) electrons. The number of nitrogens with one attached hydrogen (secondary N) is 1. The maximum atomic E-state index is 13.5. The summed E-state index contributed by atoms with van der Waals surface area (Å²) in [7, 11) is 0. The zero-order valence-corrected chi connectivity index (χ0v) is 25.4. The van der Waals surface area contributed by atoms with Crippen LogP contribution in [-0.4, -0.2) is 63.7 Å². The molecule has 3 aromatic carbocycles. The zero-order chi connectivity index (χ0) is 31.6. The molecule has 232 valence electrons. The maximum absolute atomic E-state index is 13.5. The Labute approximate surface area is 256 Å². The van der Waals surface area contributed by atoms with E-state index in [4.69, 9.17) is 9.47 Å². The minimum absolute atomic E-state index is 0.122. The van der Waals surface area contributed by atoms with Crippen molar-refractivity contribution in [1.82, 2.24) is 15.1 Å². The van der Waals surface area contributed by atoms with Gasteiger partial charge in [0, 0.05) is 31.7 Å². The van der Waals surface area contributed by atoms with Crippen LogP contribution < -0.4 is 10.1 Å². The van der Waals surface area contributed by atoms with Crippen LogP contribution in [-0.2, 0) is 30.8 Å². The SMILES string of the molecule is CCOc1cc2c(cc1C(=O)NC[C@@H](O)[C@@H]1Cc3ccccc3CN1C(=O)OC(C)(C)C)CN(Cc1ccc(F)cc1)C2=O. The van der Waals surface area contributed by atoms with E-state index in [1.165, 1.54) is 17.0 Å². The van der Waals surface area contributed by atoms with E-state index in [1.807, 2.05) is 24.3 Å². The number of aliphatic hydroxyl groups excluding tert-OH is 1. The molecule has 2 atom stereocenters. The number of fused-ring (bicyclic) bond motifs is 2. The molecule has 5 rings (SSSR count). The Balaban J connectivity index is 1.31. The highest BCUT2D eigenvalue weighted by Crippen LogP contribution is 2.32. The summed E-state index contributed by atoms with van der Waals surface area (Å²) in [6.07, 6.45) is -1.21. The fourth-order valence-electron chi connectivity index (χ4n) is 5.63. The van der Waals surface area contributed by atoms with Crippen LogP contribution in [0.5, 0.6) is 5.75 Å². The minimum atomic E-state index is -1.09. The highest BCUT2D eigenvalue weighted by molar-refractivity contribution is 6.03. The summed E-state index contributed by atoms with van der Waals surface area (Å²) in [6.45, 7) is 8.17. The van der Waals surface area contributed by atoms with Crippen LogP contribution in [0.25, 0.3) is 0 Å². The van der Waals surface area contributed by atoms with E-state index < -0.39 is 29.7 Å². The average Bonchev–Trinajstić information content (AvgIpc) is 3.28. The minimum Gasteiger partial charge on any atom is -0.493 e. The third kappa shape index (κ3) is 6.86. The second-order valence-electron chi connectivity index (χ2n) is 12.2. The first-order valence-electron chi connectivity index (χ1n) is 14.8. The lowest BCUT2D eigenvalue weighted by Crippen LogP contribution is -2.54. The van der Waals surface area contributed by atoms with Crippen LogP contribution in [0, 0.1) is 5.82 Å². The molecule has 44 heavy (non-hydrogen) atoms. The molecule has 0 aromatic heterocycles. The lowest BCUT2D eigenvalue weighted by atomic mass is 9.91. The molecule has 3 aromatic rings. The third-order valence-electron chi connectivity index (χ3n) is 7.75. The highest BCUT2D eigenvalue weighted by Gasteiger charge is 2.37. The van der Waals surface area contributed by atoms with Crippen molar-refractivity contribution in [3.05, 3.63) is 99.9 Å². The first kappa shape index (κ1) is 31.0. The van der Waals surface area contributed by atoms with Gasteiger partial charge in [-0.1, -0.05) is 36.4 Å². The Bertz CT molecular complexity index is 1550. The second kappa shape index (κ2) is 12.7. The van der Waals surface area contributed by atoms with E-state index in [0.717, 1.165) is 16.7 Å². The standard InChI is InChI=1S/C34H38FN3O6/c1-5-43-30-16-26-24(19-37(32(26)41)18-21-10-12-25(35)13-11-21)14-27(30)31(40)36-17-29(39)28-15-22-8-6-7-9-23(22)20-38(28)33(42)44-34(2,3)4/h6-14,16,28-29,39H,5,15,17-20H2,1-4H3,(H,36,40)/t28-,29+/m0/s1. The molecule has 0 saturated carbocycles. The van der Waals surface area contributed by atoms with Crippen LogP contribution in [0.3, 0.4) is 0 Å². The van der Waals surface area contributed by atoms with E-state index in [2.05, 4.69) is 5.32 Å². The number of carbonyl (C=O) groups is 3. The van der Waals surface area contributed by atoms with Gasteiger partial charge in [0.1, 0.15) is 17.2 Å². The summed E-state index contributed by atoms with van der Waals surface area (Å²) in [5.74, 6) is -0.762. The largest absolute Gasteiger partial charge is 0.493 e. The number of rotatable bonds is 8. The number of ether oxygens (including phenoxy) is 2. The van der Waals surface area contributed by atoms with Crippen molar-refractivity contribution in [3.8, 4) is 5.75 Å². The average molecular weight is 604 g/mol. The van der Waals surface area contributed by atoms with Crippen molar-refractivity contribution in [2.45, 2.75) is 71.5 Å². The molecular formula is C34H38FN3O6. The van der Waals surface area contributed by atoms with Crippen molar-refractivity contribution in [1.29, 1.82) is 0 Å². The van der Waals surface area contributed by atoms with Gasteiger partial charge in [-0.05, 0) is 80.6 Å². The van der Waals surface area contributed by atoms with Crippen LogP contribution >= 0.6 is 0 Å². The van der Waals surface area contributed by atoms with Crippen LogP contribution in [0.2, 0.25) is 0 Å². The number of nitrogens with zero attached hydrogens (tertiary/aromatic N) is 2. The van der Waals surface area contributed by atoms with E-state index in [1.54, 1.807) is 56.9 Å². The summed E-state index contributed by atoms with van der Waals surface area (Å²) in [6, 6.07) is 16.3. The number of amides is 3. The van der Waals surface area contributed by atoms with E-state index >= 15 is 0 Å².